The molecule has 19 heavy (non-hydrogen) atoms. The molecular formula is C13H21N3O3. The van der Waals surface area contributed by atoms with Crippen LogP contribution in [-0.4, -0.2) is 35.8 Å². The first-order valence-electron chi connectivity index (χ1n) is 6.26. The number of nitrogens with zero attached hydrogens (tertiary/aromatic N) is 2. The van der Waals surface area contributed by atoms with Crippen molar-refractivity contribution in [3.8, 4) is 5.88 Å². The van der Waals surface area contributed by atoms with Crippen LogP contribution in [0.4, 0.5) is 0 Å². The van der Waals surface area contributed by atoms with Gasteiger partial charge in [0.1, 0.15) is 6.61 Å². The van der Waals surface area contributed by atoms with Crippen molar-refractivity contribution in [2.24, 2.45) is 10.9 Å². The first-order chi connectivity index (χ1) is 9.10. The van der Waals surface area contributed by atoms with Crippen molar-refractivity contribution in [3.63, 3.8) is 0 Å². The van der Waals surface area contributed by atoms with E-state index in [0.29, 0.717) is 31.3 Å². The van der Waals surface area contributed by atoms with E-state index in [2.05, 4.69) is 10.1 Å². The number of aromatic nitrogens is 1. The molecule has 0 aliphatic rings. The quantitative estimate of drug-likeness (QED) is 0.257. The minimum absolute atomic E-state index is 0.00511. The zero-order valence-corrected chi connectivity index (χ0v) is 11.6. The second-order valence-electron chi connectivity index (χ2n) is 4.21. The average molecular weight is 267 g/mol. The molecule has 1 heterocycles. The molecule has 0 aromatic carbocycles. The normalized spacial score (nSPS) is 11.6. The maximum absolute atomic E-state index is 8.80. The average Bonchev–Trinajstić information content (AvgIpc) is 2.37. The van der Waals surface area contributed by atoms with Gasteiger partial charge in [0.15, 0.2) is 5.84 Å². The Bertz CT molecular complexity index is 447. The van der Waals surface area contributed by atoms with Crippen molar-refractivity contribution in [1.29, 1.82) is 0 Å². The SMILES string of the molecule is CCCOCCOc1nc(C)cc(C)c1C(N)=NO. The summed E-state index contributed by atoms with van der Waals surface area (Å²) in [6.45, 7) is 7.34. The molecule has 106 valence electrons. The number of ether oxygens (including phenoxy) is 2. The standard InChI is InChI=1S/C13H21N3O3/c1-4-5-18-6-7-19-13-11(12(14)16-17)9(2)8-10(3)15-13/h8,17H,4-7H2,1-3H3,(H2,14,16). The van der Waals surface area contributed by atoms with Gasteiger partial charge >= 0.3 is 0 Å². The molecule has 1 aromatic rings. The van der Waals surface area contributed by atoms with Crippen LogP contribution in [-0.2, 0) is 4.74 Å². The van der Waals surface area contributed by atoms with Crippen molar-refractivity contribution < 1.29 is 14.7 Å². The molecule has 0 aliphatic carbocycles. The van der Waals surface area contributed by atoms with E-state index < -0.39 is 0 Å². The van der Waals surface area contributed by atoms with Gasteiger partial charge in [-0.2, -0.15) is 0 Å². The van der Waals surface area contributed by atoms with Crippen molar-refractivity contribution in [1.82, 2.24) is 4.98 Å². The summed E-state index contributed by atoms with van der Waals surface area (Å²) in [5, 5.41) is 11.8. The fourth-order valence-electron chi connectivity index (χ4n) is 1.71. The number of pyridine rings is 1. The Morgan fingerprint density at radius 3 is 2.74 bits per heavy atom. The molecule has 0 bridgehead atoms. The zero-order chi connectivity index (χ0) is 14.3. The summed E-state index contributed by atoms with van der Waals surface area (Å²) in [5.74, 6) is 0.363. The summed E-state index contributed by atoms with van der Waals surface area (Å²) < 4.78 is 10.9. The molecule has 0 atom stereocenters. The van der Waals surface area contributed by atoms with Gasteiger partial charge < -0.3 is 20.4 Å². The molecule has 3 N–H and O–H groups in total. The predicted octanol–water partition coefficient (Wildman–Crippen LogP) is 1.60. The van der Waals surface area contributed by atoms with Crippen LogP contribution in [0.25, 0.3) is 0 Å². The fourth-order valence-corrected chi connectivity index (χ4v) is 1.71. The Balaban J connectivity index is 2.80. The fraction of sp³-hybridized carbons (Fsp3) is 0.538. The van der Waals surface area contributed by atoms with Gasteiger partial charge in [-0.25, -0.2) is 4.98 Å². The van der Waals surface area contributed by atoms with Crippen LogP contribution in [0.3, 0.4) is 0 Å². The second-order valence-corrected chi connectivity index (χ2v) is 4.21. The third-order valence-electron chi connectivity index (χ3n) is 2.49. The highest BCUT2D eigenvalue weighted by Gasteiger charge is 2.14. The maximum Gasteiger partial charge on any atom is 0.225 e. The lowest BCUT2D eigenvalue weighted by molar-refractivity contribution is 0.0988. The number of amidine groups is 1. The highest BCUT2D eigenvalue weighted by Crippen LogP contribution is 2.20. The highest BCUT2D eigenvalue weighted by atomic mass is 16.5. The maximum atomic E-state index is 8.80. The minimum Gasteiger partial charge on any atom is -0.475 e. The van der Waals surface area contributed by atoms with Gasteiger partial charge in [0.2, 0.25) is 5.88 Å². The van der Waals surface area contributed by atoms with Crippen LogP contribution in [0.2, 0.25) is 0 Å². The predicted molar refractivity (Wildman–Crippen MR) is 72.8 cm³/mol. The van der Waals surface area contributed by atoms with Crippen LogP contribution in [0.15, 0.2) is 11.2 Å². The number of oxime groups is 1. The van der Waals surface area contributed by atoms with Gasteiger partial charge in [0, 0.05) is 12.3 Å². The van der Waals surface area contributed by atoms with E-state index >= 15 is 0 Å². The molecule has 0 amide bonds. The molecule has 0 spiro atoms. The third-order valence-corrected chi connectivity index (χ3v) is 2.49. The van der Waals surface area contributed by atoms with Crippen LogP contribution in [0.1, 0.15) is 30.2 Å². The lowest BCUT2D eigenvalue weighted by atomic mass is 10.1. The highest BCUT2D eigenvalue weighted by molar-refractivity contribution is 6.00. The van der Waals surface area contributed by atoms with E-state index in [0.717, 1.165) is 17.7 Å². The largest absolute Gasteiger partial charge is 0.475 e. The summed E-state index contributed by atoms with van der Waals surface area (Å²) in [4.78, 5) is 4.27. The molecule has 0 unspecified atom stereocenters. The van der Waals surface area contributed by atoms with Crippen molar-refractivity contribution >= 4 is 5.84 Å². The Morgan fingerprint density at radius 2 is 2.11 bits per heavy atom. The summed E-state index contributed by atoms with van der Waals surface area (Å²) in [6, 6.07) is 1.85. The van der Waals surface area contributed by atoms with Crippen molar-refractivity contribution in [2.75, 3.05) is 19.8 Å². The van der Waals surface area contributed by atoms with E-state index in [1.54, 1.807) is 0 Å². The minimum atomic E-state index is -0.00511. The summed E-state index contributed by atoms with van der Waals surface area (Å²) in [6.07, 6.45) is 0.969. The van der Waals surface area contributed by atoms with E-state index in [9.17, 15) is 0 Å². The summed E-state index contributed by atoms with van der Waals surface area (Å²) in [5.41, 5.74) is 7.83. The molecule has 6 nitrogen and oxygen atoms in total. The van der Waals surface area contributed by atoms with E-state index in [1.807, 2.05) is 26.8 Å². The van der Waals surface area contributed by atoms with E-state index in [4.69, 9.17) is 20.4 Å². The zero-order valence-electron chi connectivity index (χ0n) is 11.6. The number of nitrogens with two attached hydrogens (primary N) is 1. The van der Waals surface area contributed by atoms with Crippen LogP contribution < -0.4 is 10.5 Å². The van der Waals surface area contributed by atoms with Crippen LogP contribution in [0, 0.1) is 13.8 Å². The Kier molecular flexibility index (Phi) is 6.08. The van der Waals surface area contributed by atoms with E-state index in [1.165, 1.54) is 0 Å². The van der Waals surface area contributed by atoms with Crippen molar-refractivity contribution in [3.05, 3.63) is 22.9 Å². The van der Waals surface area contributed by atoms with Gasteiger partial charge in [-0.15, -0.1) is 0 Å². The molecular weight excluding hydrogens is 246 g/mol. The first kappa shape index (κ1) is 15.2. The van der Waals surface area contributed by atoms with Gasteiger partial charge in [-0.1, -0.05) is 12.1 Å². The molecule has 0 fully saturated rings. The second kappa shape index (κ2) is 7.58. The first-order valence-corrected chi connectivity index (χ1v) is 6.26. The molecule has 0 saturated carbocycles. The number of hydrogen-bond acceptors (Lipinski definition) is 5. The van der Waals surface area contributed by atoms with E-state index in [-0.39, 0.29) is 5.84 Å². The third kappa shape index (κ3) is 4.40. The summed E-state index contributed by atoms with van der Waals surface area (Å²) >= 11 is 0. The number of aryl methyl sites for hydroxylation is 2. The topological polar surface area (TPSA) is 90.0 Å². The van der Waals surface area contributed by atoms with Gasteiger partial charge in [-0.3, -0.25) is 0 Å². The Labute approximate surface area is 113 Å². The molecule has 0 aliphatic heterocycles. The monoisotopic (exact) mass is 267 g/mol. The number of rotatable bonds is 7. The lowest BCUT2D eigenvalue weighted by Gasteiger charge is -2.13. The molecule has 1 aromatic heterocycles. The van der Waals surface area contributed by atoms with Crippen LogP contribution in [0.5, 0.6) is 5.88 Å². The smallest absolute Gasteiger partial charge is 0.225 e. The molecule has 1 rings (SSSR count). The van der Waals surface area contributed by atoms with Crippen LogP contribution >= 0.6 is 0 Å². The molecule has 0 radical (unpaired) electrons. The van der Waals surface area contributed by atoms with Gasteiger partial charge in [0.05, 0.1) is 12.2 Å². The Morgan fingerprint density at radius 1 is 1.37 bits per heavy atom. The van der Waals surface area contributed by atoms with Gasteiger partial charge in [-0.05, 0) is 31.9 Å². The summed E-state index contributed by atoms with van der Waals surface area (Å²) in [7, 11) is 0. The number of hydrogen-bond donors (Lipinski definition) is 2. The molecule has 6 heteroatoms. The molecule has 0 saturated heterocycles. The van der Waals surface area contributed by atoms with Crippen molar-refractivity contribution in [2.45, 2.75) is 27.2 Å². The Hall–Kier alpha value is -1.82. The lowest BCUT2D eigenvalue weighted by Crippen LogP contribution is -2.19. The van der Waals surface area contributed by atoms with Gasteiger partial charge in [0.25, 0.3) is 0 Å².